The van der Waals surface area contributed by atoms with Crippen LogP contribution in [-0.4, -0.2) is 18.6 Å². The molecule has 31 heavy (non-hydrogen) atoms. The summed E-state index contributed by atoms with van der Waals surface area (Å²) in [4.78, 5) is 3.31. The molecule has 0 unspecified atom stereocenters. The van der Waals surface area contributed by atoms with Crippen LogP contribution in [0.2, 0.25) is 5.02 Å². The lowest BCUT2D eigenvalue weighted by atomic mass is 10.1. The van der Waals surface area contributed by atoms with Gasteiger partial charge in [0.25, 0.3) is 0 Å². The van der Waals surface area contributed by atoms with Crippen LogP contribution < -0.4 is 14.8 Å². The summed E-state index contributed by atoms with van der Waals surface area (Å²) in [6, 6.07) is 18.6. The van der Waals surface area contributed by atoms with E-state index in [4.69, 9.17) is 21.1 Å². The van der Waals surface area contributed by atoms with Crippen LogP contribution in [0.4, 0.5) is 4.39 Å². The highest BCUT2D eigenvalue weighted by molar-refractivity contribution is 6.31. The highest BCUT2D eigenvalue weighted by Gasteiger charge is 2.11. The number of para-hydroxylation sites is 1. The van der Waals surface area contributed by atoms with Crippen LogP contribution in [0, 0.1) is 5.82 Å². The number of benzene rings is 3. The van der Waals surface area contributed by atoms with E-state index in [2.05, 4.69) is 34.7 Å². The fourth-order valence-corrected chi connectivity index (χ4v) is 3.77. The molecule has 4 rings (SSSR count). The molecule has 4 aromatic rings. The number of methoxy groups -OCH3 is 1. The smallest absolute Gasteiger partial charge is 0.161 e. The maximum absolute atomic E-state index is 14.0. The van der Waals surface area contributed by atoms with E-state index in [1.165, 1.54) is 17.0 Å². The number of hydrogen-bond donors (Lipinski definition) is 2. The molecule has 0 fully saturated rings. The first-order valence-electron chi connectivity index (χ1n) is 10.1. The molecule has 160 valence electrons. The van der Waals surface area contributed by atoms with Crippen molar-refractivity contribution < 1.29 is 13.9 Å². The summed E-state index contributed by atoms with van der Waals surface area (Å²) >= 11 is 6.07. The van der Waals surface area contributed by atoms with Gasteiger partial charge in [-0.05, 0) is 54.4 Å². The second-order valence-corrected chi connectivity index (χ2v) is 7.67. The van der Waals surface area contributed by atoms with E-state index in [1.54, 1.807) is 19.2 Å². The maximum Gasteiger partial charge on any atom is 0.161 e. The van der Waals surface area contributed by atoms with E-state index < -0.39 is 0 Å². The van der Waals surface area contributed by atoms with Gasteiger partial charge < -0.3 is 19.8 Å². The highest BCUT2D eigenvalue weighted by atomic mass is 35.5. The highest BCUT2D eigenvalue weighted by Crippen LogP contribution is 2.30. The van der Waals surface area contributed by atoms with Crippen LogP contribution in [0.3, 0.4) is 0 Å². The fraction of sp³-hybridized carbons (Fsp3) is 0.200. The van der Waals surface area contributed by atoms with E-state index in [-0.39, 0.29) is 12.4 Å². The Balaban J connectivity index is 1.33. The second kappa shape index (κ2) is 9.86. The number of aromatic amines is 1. The van der Waals surface area contributed by atoms with E-state index in [1.807, 2.05) is 24.3 Å². The largest absolute Gasteiger partial charge is 0.493 e. The number of nitrogens with one attached hydrogen (secondary N) is 2. The zero-order valence-electron chi connectivity index (χ0n) is 17.3. The molecule has 1 heterocycles. The minimum absolute atomic E-state index is 0.0318. The Hall–Kier alpha value is -3.02. The summed E-state index contributed by atoms with van der Waals surface area (Å²) < 4.78 is 25.2. The molecule has 3 aromatic carbocycles. The Morgan fingerprint density at radius 2 is 1.90 bits per heavy atom. The van der Waals surface area contributed by atoms with Crippen molar-refractivity contribution in [2.45, 2.75) is 19.6 Å². The topological polar surface area (TPSA) is 46.3 Å². The molecule has 0 spiro atoms. The van der Waals surface area contributed by atoms with E-state index in [0.717, 1.165) is 24.0 Å². The van der Waals surface area contributed by atoms with Crippen molar-refractivity contribution >= 4 is 22.5 Å². The molecule has 0 aliphatic rings. The van der Waals surface area contributed by atoms with Gasteiger partial charge in [-0.3, -0.25) is 0 Å². The Morgan fingerprint density at radius 3 is 2.74 bits per heavy atom. The third kappa shape index (κ3) is 5.01. The minimum atomic E-state index is -0.387. The Morgan fingerprint density at radius 1 is 1.03 bits per heavy atom. The van der Waals surface area contributed by atoms with Crippen LogP contribution in [0.1, 0.15) is 16.7 Å². The summed E-state index contributed by atoms with van der Waals surface area (Å²) in [5.74, 6) is 0.759. The first-order chi connectivity index (χ1) is 15.2. The first-order valence-corrected chi connectivity index (χ1v) is 10.5. The average molecular weight is 439 g/mol. The number of H-pyrrole nitrogens is 1. The van der Waals surface area contributed by atoms with Crippen molar-refractivity contribution in [1.82, 2.24) is 10.3 Å². The summed E-state index contributed by atoms with van der Waals surface area (Å²) in [5, 5.41) is 5.08. The number of halogens is 2. The molecule has 2 N–H and O–H groups in total. The Kier molecular flexibility index (Phi) is 6.75. The number of ether oxygens (including phenoxy) is 2. The van der Waals surface area contributed by atoms with Gasteiger partial charge in [0.2, 0.25) is 0 Å². The third-order valence-electron chi connectivity index (χ3n) is 5.24. The Bertz CT molecular complexity index is 1160. The normalized spacial score (nSPS) is 11.1. The van der Waals surface area contributed by atoms with Crippen molar-refractivity contribution in [3.8, 4) is 11.5 Å². The number of fused-ring (bicyclic) bond motifs is 1. The summed E-state index contributed by atoms with van der Waals surface area (Å²) in [6.45, 7) is 1.59. The first kappa shape index (κ1) is 21.2. The van der Waals surface area contributed by atoms with Crippen LogP contribution in [0.5, 0.6) is 11.5 Å². The number of rotatable bonds is 9. The molecule has 0 aliphatic heterocycles. The van der Waals surface area contributed by atoms with E-state index in [9.17, 15) is 4.39 Å². The zero-order chi connectivity index (χ0) is 21.6. The van der Waals surface area contributed by atoms with Crippen molar-refractivity contribution in [2.75, 3.05) is 13.7 Å². The van der Waals surface area contributed by atoms with Crippen molar-refractivity contribution in [3.05, 3.63) is 94.4 Å². The van der Waals surface area contributed by atoms with Crippen LogP contribution in [0.15, 0.2) is 66.9 Å². The molecule has 0 saturated carbocycles. The van der Waals surface area contributed by atoms with Gasteiger partial charge in [0, 0.05) is 29.2 Å². The zero-order valence-corrected chi connectivity index (χ0v) is 18.0. The van der Waals surface area contributed by atoms with Crippen molar-refractivity contribution in [2.24, 2.45) is 0 Å². The molecule has 4 nitrogen and oxygen atoms in total. The number of hydrogen-bond acceptors (Lipinski definition) is 3. The van der Waals surface area contributed by atoms with Crippen LogP contribution in [-0.2, 0) is 19.6 Å². The molecule has 0 amide bonds. The quantitative estimate of drug-likeness (QED) is 0.321. The molecule has 0 bridgehead atoms. The van der Waals surface area contributed by atoms with Crippen LogP contribution >= 0.6 is 11.6 Å². The monoisotopic (exact) mass is 438 g/mol. The molecule has 6 heteroatoms. The Labute approximate surface area is 186 Å². The van der Waals surface area contributed by atoms with Gasteiger partial charge in [-0.15, -0.1) is 0 Å². The van der Waals surface area contributed by atoms with Crippen molar-refractivity contribution in [3.63, 3.8) is 0 Å². The summed E-state index contributed by atoms with van der Waals surface area (Å²) in [6.07, 6.45) is 3.01. The number of aromatic nitrogens is 1. The van der Waals surface area contributed by atoms with E-state index in [0.29, 0.717) is 28.6 Å². The van der Waals surface area contributed by atoms with Crippen molar-refractivity contribution in [1.29, 1.82) is 0 Å². The third-order valence-corrected chi connectivity index (χ3v) is 5.59. The van der Waals surface area contributed by atoms with Gasteiger partial charge in [0.15, 0.2) is 11.5 Å². The molecule has 1 aromatic heterocycles. The van der Waals surface area contributed by atoms with E-state index >= 15 is 0 Å². The van der Waals surface area contributed by atoms with Gasteiger partial charge in [0.05, 0.1) is 12.1 Å². The standard InChI is InChI=1S/C25H24ClFN2O2/c1-30-25-13-17(9-10-24(25)31-16-20-21(26)6-4-7-22(20)27)14-28-12-11-18-15-29-23-8-3-2-5-19(18)23/h2-10,13,15,28-29H,11-12,14,16H2,1H3. The van der Waals surface area contributed by atoms with Gasteiger partial charge in [-0.25, -0.2) is 4.39 Å². The lowest BCUT2D eigenvalue weighted by Gasteiger charge is -2.13. The molecule has 0 radical (unpaired) electrons. The molecule has 0 atom stereocenters. The van der Waals surface area contributed by atoms with Gasteiger partial charge in [-0.2, -0.15) is 0 Å². The second-order valence-electron chi connectivity index (χ2n) is 7.26. The molecule has 0 aliphatic carbocycles. The lowest BCUT2D eigenvalue weighted by molar-refractivity contribution is 0.279. The van der Waals surface area contributed by atoms with Gasteiger partial charge in [0.1, 0.15) is 12.4 Å². The summed E-state index contributed by atoms with van der Waals surface area (Å²) in [7, 11) is 1.59. The minimum Gasteiger partial charge on any atom is -0.493 e. The lowest BCUT2D eigenvalue weighted by Crippen LogP contribution is -2.16. The predicted octanol–water partition coefficient (Wildman–Crippen LogP) is 5.88. The average Bonchev–Trinajstić information content (AvgIpc) is 3.20. The maximum atomic E-state index is 14.0. The fourth-order valence-electron chi connectivity index (χ4n) is 3.56. The predicted molar refractivity (Wildman–Crippen MR) is 122 cm³/mol. The molecular formula is C25H24ClFN2O2. The summed E-state index contributed by atoms with van der Waals surface area (Å²) in [5.41, 5.74) is 3.87. The van der Waals surface area contributed by atoms with Crippen LogP contribution in [0.25, 0.3) is 10.9 Å². The van der Waals surface area contributed by atoms with Gasteiger partial charge >= 0.3 is 0 Å². The molecule has 0 saturated heterocycles. The van der Waals surface area contributed by atoms with Gasteiger partial charge in [-0.1, -0.05) is 41.9 Å². The SMILES string of the molecule is COc1cc(CNCCc2c[nH]c3ccccc23)ccc1OCc1c(F)cccc1Cl. The molecular weight excluding hydrogens is 415 g/mol.